The highest BCUT2D eigenvalue weighted by Gasteiger charge is 2.14. The minimum atomic E-state index is -3.73. The van der Waals surface area contributed by atoms with Crippen molar-refractivity contribution in [2.45, 2.75) is 4.90 Å². The van der Waals surface area contributed by atoms with Gasteiger partial charge in [-0.2, -0.15) is 0 Å². The minimum absolute atomic E-state index is 0.0238. The molecule has 1 aromatic carbocycles. The lowest BCUT2D eigenvalue weighted by Gasteiger charge is -2.01. The highest BCUT2D eigenvalue weighted by Crippen LogP contribution is 2.23. The molecule has 0 aliphatic carbocycles. The summed E-state index contributed by atoms with van der Waals surface area (Å²) in [5.41, 5.74) is -0.0434. The van der Waals surface area contributed by atoms with Crippen molar-refractivity contribution in [2.24, 2.45) is 0 Å². The number of hydrogen-bond donors (Lipinski definition) is 0. The predicted molar refractivity (Wildman–Crippen MR) is 71.9 cm³/mol. The van der Waals surface area contributed by atoms with Gasteiger partial charge in [0.05, 0.1) is 15.6 Å². The number of pyridine rings is 1. The number of aromatic nitrogens is 1. The highest BCUT2D eigenvalue weighted by atomic mass is 35.5. The van der Waals surface area contributed by atoms with Crippen molar-refractivity contribution in [1.82, 2.24) is 4.98 Å². The molecule has 98 valence electrons. The van der Waals surface area contributed by atoms with E-state index >= 15 is 0 Å². The average Bonchev–Trinajstić information content (AvgIpc) is 2.38. The van der Waals surface area contributed by atoms with Crippen molar-refractivity contribution in [3.8, 4) is 0 Å². The number of rotatable bonds is 3. The van der Waals surface area contributed by atoms with E-state index in [0.717, 1.165) is 11.5 Å². The Morgan fingerprint density at radius 1 is 1.16 bits per heavy atom. The molecule has 1 heterocycles. The first-order valence-electron chi connectivity index (χ1n) is 5.29. The molecule has 2 rings (SSSR count). The normalized spacial score (nSPS) is 11.9. The van der Waals surface area contributed by atoms with Gasteiger partial charge in [-0.15, -0.1) is 0 Å². The van der Waals surface area contributed by atoms with Crippen molar-refractivity contribution in [1.29, 1.82) is 0 Å². The Hall–Kier alpha value is -1.72. The first-order chi connectivity index (χ1) is 9.00. The maximum atomic E-state index is 13.3. The zero-order valence-electron chi connectivity index (χ0n) is 9.62. The van der Waals surface area contributed by atoms with Gasteiger partial charge < -0.3 is 0 Å². The van der Waals surface area contributed by atoms with E-state index in [4.69, 9.17) is 11.6 Å². The van der Waals surface area contributed by atoms with Gasteiger partial charge in [0.1, 0.15) is 5.82 Å². The minimum Gasteiger partial charge on any atom is -0.254 e. The van der Waals surface area contributed by atoms with E-state index in [1.807, 2.05) is 0 Å². The summed E-state index contributed by atoms with van der Waals surface area (Å²) in [5, 5.41) is 1.01. The number of sulfone groups is 1. The molecular weight excluding hydrogens is 289 g/mol. The van der Waals surface area contributed by atoms with Gasteiger partial charge in [-0.25, -0.2) is 12.8 Å². The molecule has 0 amide bonds. The second kappa shape index (κ2) is 5.50. The van der Waals surface area contributed by atoms with Gasteiger partial charge >= 0.3 is 0 Å². The fraction of sp³-hybridized carbons (Fsp3) is 0. The third-order valence-electron chi connectivity index (χ3n) is 2.34. The Kier molecular flexibility index (Phi) is 3.97. The summed E-state index contributed by atoms with van der Waals surface area (Å²) in [6.07, 6.45) is 2.48. The summed E-state index contributed by atoms with van der Waals surface area (Å²) < 4.78 is 37.3. The molecule has 6 heteroatoms. The largest absolute Gasteiger partial charge is 0.254 e. The molecule has 0 bridgehead atoms. The lowest BCUT2D eigenvalue weighted by atomic mass is 10.3. The smallest absolute Gasteiger partial charge is 0.201 e. The van der Waals surface area contributed by atoms with Crippen LogP contribution in [0.2, 0.25) is 5.02 Å². The van der Waals surface area contributed by atoms with Crippen LogP contribution in [-0.4, -0.2) is 13.4 Å². The second-order valence-corrected chi connectivity index (χ2v) is 5.86. The molecule has 19 heavy (non-hydrogen) atoms. The van der Waals surface area contributed by atoms with Gasteiger partial charge in [-0.05, 0) is 30.3 Å². The third kappa shape index (κ3) is 3.19. The van der Waals surface area contributed by atoms with Gasteiger partial charge in [0.25, 0.3) is 0 Å². The van der Waals surface area contributed by atoms with E-state index in [-0.39, 0.29) is 15.6 Å². The van der Waals surface area contributed by atoms with Crippen LogP contribution in [0.5, 0.6) is 0 Å². The van der Waals surface area contributed by atoms with Crippen LogP contribution in [0.1, 0.15) is 5.69 Å². The van der Waals surface area contributed by atoms with Crippen LogP contribution in [0.25, 0.3) is 6.08 Å². The summed E-state index contributed by atoms with van der Waals surface area (Å²) in [7, 11) is -3.73. The topological polar surface area (TPSA) is 47.0 Å². The van der Waals surface area contributed by atoms with Crippen molar-refractivity contribution in [2.75, 3.05) is 0 Å². The Balaban J connectivity index is 2.38. The zero-order valence-corrected chi connectivity index (χ0v) is 11.2. The molecule has 2 aromatic rings. The van der Waals surface area contributed by atoms with Crippen LogP contribution in [0.4, 0.5) is 4.39 Å². The zero-order chi connectivity index (χ0) is 13.9. The molecule has 0 radical (unpaired) electrons. The molecular formula is C13H9ClFNO2S. The maximum Gasteiger partial charge on any atom is 0.201 e. The lowest BCUT2D eigenvalue weighted by molar-refractivity contribution is 0.605. The van der Waals surface area contributed by atoms with E-state index in [1.165, 1.54) is 30.5 Å². The quantitative estimate of drug-likeness (QED) is 0.873. The fourth-order valence-corrected chi connectivity index (χ4v) is 2.94. The number of nitrogens with zero attached hydrogens (tertiary/aromatic N) is 1. The van der Waals surface area contributed by atoms with E-state index in [0.29, 0.717) is 0 Å². The van der Waals surface area contributed by atoms with Crippen LogP contribution >= 0.6 is 11.6 Å². The molecule has 0 aliphatic heterocycles. The van der Waals surface area contributed by atoms with Crippen molar-refractivity contribution in [3.63, 3.8) is 0 Å². The van der Waals surface area contributed by atoms with Gasteiger partial charge in [0.15, 0.2) is 0 Å². The molecule has 0 spiro atoms. The SMILES string of the molecule is O=S(=O)(/C=C\c1ncccc1F)c1ccccc1Cl. The molecule has 0 saturated carbocycles. The van der Waals surface area contributed by atoms with Gasteiger partial charge in [0.2, 0.25) is 9.84 Å². The Morgan fingerprint density at radius 3 is 2.58 bits per heavy atom. The molecule has 0 saturated heterocycles. The lowest BCUT2D eigenvalue weighted by Crippen LogP contribution is -1.97. The fourth-order valence-electron chi connectivity index (χ4n) is 1.42. The van der Waals surface area contributed by atoms with Crippen molar-refractivity contribution >= 4 is 27.5 Å². The number of hydrogen-bond acceptors (Lipinski definition) is 3. The first-order valence-corrected chi connectivity index (χ1v) is 7.21. The van der Waals surface area contributed by atoms with E-state index in [1.54, 1.807) is 12.1 Å². The number of halogens is 2. The summed E-state index contributed by atoms with van der Waals surface area (Å²) >= 11 is 5.82. The van der Waals surface area contributed by atoms with Crippen molar-refractivity contribution in [3.05, 3.63) is 64.5 Å². The Labute approximate surface area is 115 Å². The second-order valence-electron chi connectivity index (χ2n) is 3.65. The molecule has 0 aliphatic rings. The van der Waals surface area contributed by atoms with Crippen LogP contribution < -0.4 is 0 Å². The van der Waals surface area contributed by atoms with Crippen LogP contribution in [0, 0.1) is 5.82 Å². The standard InChI is InChI=1S/C13H9ClFNO2S/c14-10-4-1-2-6-13(10)19(17,18)9-7-12-11(15)5-3-8-16-12/h1-9H/b9-7-. The number of benzene rings is 1. The third-order valence-corrected chi connectivity index (χ3v) is 4.24. The Morgan fingerprint density at radius 2 is 1.89 bits per heavy atom. The molecule has 0 unspecified atom stereocenters. The monoisotopic (exact) mass is 297 g/mol. The van der Waals surface area contributed by atoms with Gasteiger partial charge in [0, 0.05) is 11.6 Å². The summed E-state index contributed by atoms with van der Waals surface area (Å²) in [5.74, 6) is -0.590. The summed E-state index contributed by atoms with van der Waals surface area (Å²) in [6.45, 7) is 0. The van der Waals surface area contributed by atoms with Crippen LogP contribution in [0.3, 0.4) is 0 Å². The Bertz CT molecular complexity index is 729. The average molecular weight is 298 g/mol. The van der Waals surface area contributed by atoms with Gasteiger partial charge in [-0.1, -0.05) is 23.7 Å². The highest BCUT2D eigenvalue weighted by molar-refractivity contribution is 7.94. The van der Waals surface area contributed by atoms with Crippen molar-refractivity contribution < 1.29 is 12.8 Å². The predicted octanol–water partition coefficient (Wildman–Crippen LogP) is 3.32. The first kappa shape index (κ1) is 13.7. The van der Waals surface area contributed by atoms with E-state index in [2.05, 4.69) is 4.98 Å². The molecule has 0 atom stereocenters. The van der Waals surface area contributed by atoms with Gasteiger partial charge in [-0.3, -0.25) is 4.98 Å². The summed E-state index contributed by atoms with van der Waals surface area (Å²) in [6, 6.07) is 8.68. The molecule has 0 N–H and O–H groups in total. The summed E-state index contributed by atoms with van der Waals surface area (Å²) in [4.78, 5) is 3.71. The maximum absolute atomic E-state index is 13.3. The molecule has 1 aromatic heterocycles. The molecule has 0 fully saturated rings. The van der Waals surface area contributed by atoms with Crippen LogP contribution in [0.15, 0.2) is 52.9 Å². The molecule has 3 nitrogen and oxygen atoms in total. The van der Waals surface area contributed by atoms with E-state index < -0.39 is 15.7 Å². The van der Waals surface area contributed by atoms with E-state index in [9.17, 15) is 12.8 Å². The van der Waals surface area contributed by atoms with Crippen LogP contribution in [-0.2, 0) is 9.84 Å².